The second kappa shape index (κ2) is 9.53. The molecule has 0 heterocycles. The van der Waals surface area contributed by atoms with Crippen LogP contribution in [0.5, 0.6) is 0 Å². The second-order valence-electron chi connectivity index (χ2n) is 7.30. The van der Waals surface area contributed by atoms with E-state index in [1.54, 1.807) is 0 Å². The van der Waals surface area contributed by atoms with Crippen molar-refractivity contribution < 1.29 is 0 Å². The molecule has 6 heteroatoms. The Labute approximate surface area is 189 Å². The van der Waals surface area contributed by atoms with Crippen LogP contribution in [0, 0.1) is 41.5 Å². The van der Waals surface area contributed by atoms with Gasteiger partial charge in [0.1, 0.15) is 0 Å². The fraction of sp³-hybridized carbons (Fsp3) is 0.364. The van der Waals surface area contributed by atoms with Gasteiger partial charge in [-0.15, -0.1) is 0 Å². The minimum atomic E-state index is 0.313. The summed E-state index contributed by atoms with van der Waals surface area (Å²) in [5, 5.41) is 0. The SMILES string of the molecule is Cc1cc(C)c(N(CCN(C(=S)Cl)c2c(C)cc(C)cc2C)C(=S)Cl)c(C)c1. The third kappa shape index (κ3) is 5.24. The number of rotatable bonds is 5. The molecule has 2 nitrogen and oxygen atoms in total. The summed E-state index contributed by atoms with van der Waals surface area (Å²) in [6.45, 7) is 13.6. The number of hydrogen-bond acceptors (Lipinski definition) is 2. The van der Waals surface area contributed by atoms with Crippen LogP contribution in [0.3, 0.4) is 0 Å². The predicted molar refractivity (Wildman–Crippen MR) is 133 cm³/mol. The fourth-order valence-electron chi connectivity index (χ4n) is 3.97. The van der Waals surface area contributed by atoms with Gasteiger partial charge in [-0.2, -0.15) is 0 Å². The second-order valence-corrected chi connectivity index (χ2v) is 9.24. The van der Waals surface area contributed by atoms with E-state index in [4.69, 9.17) is 47.6 Å². The van der Waals surface area contributed by atoms with Crippen LogP contribution >= 0.6 is 47.6 Å². The lowest BCUT2D eigenvalue weighted by molar-refractivity contribution is 0.921. The van der Waals surface area contributed by atoms with E-state index in [1.807, 2.05) is 9.80 Å². The van der Waals surface area contributed by atoms with Crippen LogP contribution in [0.25, 0.3) is 0 Å². The predicted octanol–water partition coefficient (Wildman–Crippen LogP) is 6.90. The minimum Gasteiger partial charge on any atom is -0.321 e. The van der Waals surface area contributed by atoms with Crippen LogP contribution in [0.15, 0.2) is 24.3 Å². The molecule has 0 saturated carbocycles. The highest BCUT2D eigenvalue weighted by Gasteiger charge is 2.20. The number of nitrogens with zero attached hydrogens (tertiary/aromatic N) is 2. The van der Waals surface area contributed by atoms with Crippen molar-refractivity contribution in [1.29, 1.82) is 0 Å². The van der Waals surface area contributed by atoms with Crippen molar-refractivity contribution >= 4 is 67.9 Å². The molecule has 150 valence electrons. The van der Waals surface area contributed by atoms with Gasteiger partial charge in [0.2, 0.25) is 0 Å². The van der Waals surface area contributed by atoms with E-state index < -0.39 is 0 Å². The van der Waals surface area contributed by atoms with Gasteiger partial charge >= 0.3 is 0 Å². The molecule has 28 heavy (non-hydrogen) atoms. The fourth-order valence-corrected chi connectivity index (χ4v) is 4.67. The van der Waals surface area contributed by atoms with Crippen molar-refractivity contribution in [3.05, 3.63) is 57.6 Å². The first kappa shape index (κ1) is 23.1. The smallest absolute Gasteiger partial charge is 0.174 e. The molecule has 0 atom stereocenters. The van der Waals surface area contributed by atoms with Crippen LogP contribution in [0.2, 0.25) is 0 Å². The number of hydrogen-bond donors (Lipinski definition) is 0. The Morgan fingerprint density at radius 1 is 0.643 bits per heavy atom. The monoisotopic (exact) mass is 452 g/mol. The molecule has 2 rings (SSSR count). The molecule has 0 fully saturated rings. The van der Waals surface area contributed by atoms with E-state index in [9.17, 15) is 0 Å². The minimum absolute atomic E-state index is 0.313. The number of benzene rings is 2. The molecule has 0 aliphatic rings. The summed E-state index contributed by atoms with van der Waals surface area (Å²) in [6.07, 6.45) is 0. The van der Waals surface area contributed by atoms with Gasteiger partial charge in [-0.05, 0) is 88.2 Å². The standard InChI is InChI=1S/C22H26Cl2N2S2/c1-13-9-15(3)19(16(4)10-13)25(21(23)27)7-8-26(22(24)28)20-17(5)11-14(2)12-18(20)6/h9-12H,7-8H2,1-6H3. The van der Waals surface area contributed by atoms with E-state index in [2.05, 4.69) is 65.8 Å². The van der Waals surface area contributed by atoms with Crippen LogP contribution in [0.4, 0.5) is 11.4 Å². The van der Waals surface area contributed by atoms with Crippen molar-refractivity contribution in [1.82, 2.24) is 0 Å². The summed E-state index contributed by atoms with van der Waals surface area (Å²) in [4.78, 5) is 3.92. The van der Waals surface area contributed by atoms with Crippen molar-refractivity contribution in [2.75, 3.05) is 22.9 Å². The van der Waals surface area contributed by atoms with Gasteiger partial charge < -0.3 is 9.80 Å². The first-order chi connectivity index (χ1) is 13.0. The van der Waals surface area contributed by atoms with Crippen LogP contribution < -0.4 is 9.80 Å². The Morgan fingerprint density at radius 2 is 0.893 bits per heavy atom. The van der Waals surface area contributed by atoms with Gasteiger partial charge in [-0.1, -0.05) is 58.6 Å². The zero-order valence-electron chi connectivity index (χ0n) is 17.2. The highest BCUT2D eigenvalue weighted by molar-refractivity contribution is 7.83. The van der Waals surface area contributed by atoms with Crippen LogP contribution in [-0.4, -0.2) is 22.0 Å². The molecular formula is C22H26Cl2N2S2. The Hall–Kier alpha value is -1.20. The first-order valence-electron chi connectivity index (χ1n) is 9.12. The highest BCUT2D eigenvalue weighted by atomic mass is 35.5. The Kier molecular flexibility index (Phi) is 7.86. The van der Waals surface area contributed by atoms with E-state index in [-0.39, 0.29) is 0 Å². The van der Waals surface area contributed by atoms with Crippen LogP contribution in [-0.2, 0) is 0 Å². The van der Waals surface area contributed by atoms with E-state index >= 15 is 0 Å². The lowest BCUT2D eigenvalue weighted by Gasteiger charge is -2.31. The molecule has 0 N–H and O–H groups in total. The lowest BCUT2D eigenvalue weighted by Crippen LogP contribution is -2.39. The molecule has 0 saturated heterocycles. The van der Waals surface area contributed by atoms with Gasteiger partial charge in [-0.25, -0.2) is 0 Å². The summed E-state index contributed by atoms with van der Waals surface area (Å²) >= 11 is 23.4. The van der Waals surface area contributed by atoms with Crippen molar-refractivity contribution in [2.45, 2.75) is 41.5 Å². The Balaban J connectivity index is 2.39. The quantitative estimate of drug-likeness (QED) is 0.276. The maximum atomic E-state index is 6.33. The number of halogens is 2. The first-order valence-corrected chi connectivity index (χ1v) is 10.7. The third-order valence-electron chi connectivity index (χ3n) is 4.78. The summed E-state index contributed by atoms with van der Waals surface area (Å²) in [6, 6.07) is 8.57. The molecular weight excluding hydrogens is 427 g/mol. The summed E-state index contributed by atoms with van der Waals surface area (Å²) < 4.78 is 0.626. The van der Waals surface area contributed by atoms with Gasteiger partial charge in [-0.3, -0.25) is 0 Å². The van der Waals surface area contributed by atoms with Crippen LogP contribution in [0.1, 0.15) is 33.4 Å². The molecule has 0 aliphatic carbocycles. The van der Waals surface area contributed by atoms with Gasteiger partial charge in [0.25, 0.3) is 0 Å². The van der Waals surface area contributed by atoms with E-state index in [0.29, 0.717) is 22.0 Å². The average molecular weight is 454 g/mol. The molecule has 0 aromatic heterocycles. The maximum absolute atomic E-state index is 6.33. The highest BCUT2D eigenvalue weighted by Crippen LogP contribution is 2.30. The largest absolute Gasteiger partial charge is 0.321 e. The van der Waals surface area contributed by atoms with E-state index in [1.165, 1.54) is 11.1 Å². The van der Waals surface area contributed by atoms with Gasteiger partial charge in [0.05, 0.1) is 0 Å². The third-order valence-corrected chi connectivity index (χ3v) is 5.63. The van der Waals surface area contributed by atoms with Crippen molar-refractivity contribution in [3.63, 3.8) is 0 Å². The van der Waals surface area contributed by atoms with Gasteiger partial charge in [0, 0.05) is 24.5 Å². The normalized spacial score (nSPS) is 10.7. The van der Waals surface area contributed by atoms with Crippen molar-refractivity contribution in [3.8, 4) is 0 Å². The molecule has 0 amide bonds. The van der Waals surface area contributed by atoms with Gasteiger partial charge in [0.15, 0.2) is 8.90 Å². The number of anilines is 2. The summed E-state index contributed by atoms with van der Waals surface area (Å²) in [7, 11) is 0. The molecule has 0 spiro atoms. The number of thiocarbonyl (C=S) groups is 2. The molecule has 2 aromatic carbocycles. The summed E-state index contributed by atoms with van der Waals surface area (Å²) in [5.74, 6) is 0. The molecule has 0 aliphatic heterocycles. The summed E-state index contributed by atoms with van der Waals surface area (Å²) in [5.41, 5.74) is 9.09. The zero-order chi connectivity index (χ0) is 21.2. The Morgan fingerprint density at radius 3 is 1.11 bits per heavy atom. The lowest BCUT2D eigenvalue weighted by atomic mass is 10.0. The zero-order valence-corrected chi connectivity index (χ0v) is 20.3. The maximum Gasteiger partial charge on any atom is 0.174 e. The molecule has 0 unspecified atom stereocenters. The topological polar surface area (TPSA) is 6.48 Å². The van der Waals surface area contributed by atoms with E-state index in [0.717, 1.165) is 33.6 Å². The Bertz CT molecular complexity index is 803. The average Bonchev–Trinajstić information content (AvgIpc) is 2.53. The molecule has 2 aromatic rings. The molecule has 0 bridgehead atoms. The molecule has 0 radical (unpaired) electrons. The van der Waals surface area contributed by atoms with Crippen molar-refractivity contribution in [2.24, 2.45) is 0 Å². The number of aryl methyl sites for hydroxylation is 6.